The van der Waals surface area contributed by atoms with Gasteiger partial charge in [-0.15, -0.1) is 0 Å². The van der Waals surface area contributed by atoms with Crippen LogP contribution in [0, 0.1) is 5.92 Å². The molecule has 0 unspecified atom stereocenters. The van der Waals surface area contributed by atoms with Gasteiger partial charge in [0.1, 0.15) is 12.4 Å². The molecule has 0 atom stereocenters. The van der Waals surface area contributed by atoms with Crippen molar-refractivity contribution in [1.82, 2.24) is 4.90 Å². The van der Waals surface area contributed by atoms with Crippen LogP contribution in [0.5, 0.6) is 5.75 Å². The Kier molecular flexibility index (Phi) is 5.67. The van der Waals surface area contributed by atoms with Gasteiger partial charge in [-0.1, -0.05) is 25.5 Å². The fourth-order valence-corrected chi connectivity index (χ4v) is 2.63. The number of nitrogens with zero attached hydrogens (tertiary/aromatic N) is 1. The lowest BCUT2D eigenvalue weighted by Crippen LogP contribution is -2.36. The SMILES string of the molecule is CCC1CCN(CCOc2ccc(CN)cc2)CC1. The van der Waals surface area contributed by atoms with Crippen LogP contribution >= 0.6 is 0 Å². The van der Waals surface area contributed by atoms with Crippen LogP contribution in [0.1, 0.15) is 31.7 Å². The summed E-state index contributed by atoms with van der Waals surface area (Å²) in [7, 11) is 0. The van der Waals surface area contributed by atoms with Crippen molar-refractivity contribution >= 4 is 0 Å². The number of ether oxygens (including phenoxy) is 1. The Morgan fingerprint density at radius 1 is 1.21 bits per heavy atom. The summed E-state index contributed by atoms with van der Waals surface area (Å²) < 4.78 is 5.78. The maximum atomic E-state index is 5.78. The fraction of sp³-hybridized carbons (Fsp3) is 0.625. The molecule has 1 aliphatic heterocycles. The molecule has 1 saturated heterocycles. The minimum absolute atomic E-state index is 0.590. The molecular formula is C16H26N2O. The van der Waals surface area contributed by atoms with Gasteiger partial charge in [-0.25, -0.2) is 0 Å². The Morgan fingerprint density at radius 3 is 2.47 bits per heavy atom. The lowest BCUT2D eigenvalue weighted by atomic mass is 9.94. The van der Waals surface area contributed by atoms with Crippen LogP contribution in [-0.4, -0.2) is 31.1 Å². The van der Waals surface area contributed by atoms with E-state index < -0.39 is 0 Å². The molecule has 0 amide bonds. The highest BCUT2D eigenvalue weighted by Gasteiger charge is 2.17. The summed E-state index contributed by atoms with van der Waals surface area (Å²) >= 11 is 0. The Morgan fingerprint density at radius 2 is 1.89 bits per heavy atom. The largest absolute Gasteiger partial charge is 0.492 e. The summed E-state index contributed by atoms with van der Waals surface area (Å²) in [6.45, 7) is 7.16. The molecule has 19 heavy (non-hydrogen) atoms. The van der Waals surface area contributed by atoms with Crippen LogP contribution in [0.4, 0.5) is 0 Å². The molecule has 0 aliphatic carbocycles. The smallest absolute Gasteiger partial charge is 0.119 e. The molecule has 2 N–H and O–H groups in total. The second kappa shape index (κ2) is 7.51. The minimum Gasteiger partial charge on any atom is -0.492 e. The second-order valence-electron chi connectivity index (χ2n) is 5.39. The first-order valence-electron chi connectivity index (χ1n) is 7.46. The number of hydrogen-bond donors (Lipinski definition) is 1. The van der Waals surface area contributed by atoms with Crippen molar-refractivity contribution in [3.8, 4) is 5.75 Å². The van der Waals surface area contributed by atoms with E-state index in [4.69, 9.17) is 10.5 Å². The van der Waals surface area contributed by atoms with Gasteiger partial charge in [-0.05, 0) is 49.5 Å². The topological polar surface area (TPSA) is 38.5 Å². The molecule has 0 radical (unpaired) electrons. The molecule has 0 spiro atoms. The van der Waals surface area contributed by atoms with E-state index in [0.717, 1.165) is 30.4 Å². The van der Waals surface area contributed by atoms with Gasteiger partial charge in [0.2, 0.25) is 0 Å². The van der Waals surface area contributed by atoms with Crippen LogP contribution in [-0.2, 0) is 6.54 Å². The predicted molar refractivity (Wildman–Crippen MR) is 79.3 cm³/mol. The summed E-state index contributed by atoms with van der Waals surface area (Å²) in [5.74, 6) is 1.89. The highest BCUT2D eigenvalue weighted by Crippen LogP contribution is 2.19. The van der Waals surface area contributed by atoms with Crippen molar-refractivity contribution in [1.29, 1.82) is 0 Å². The molecule has 3 heteroatoms. The van der Waals surface area contributed by atoms with Gasteiger partial charge in [-0.3, -0.25) is 4.90 Å². The van der Waals surface area contributed by atoms with Gasteiger partial charge in [0.15, 0.2) is 0 Å². The van der Waals surface area contributed by atoms with E-state index in [0.29, 0.717) is 6.54 Å². The van der Waals surface area contributed by atoms with Crippen molar-refractivity contribution in [3.63, 3.8) is 0 Å². The molecule has 1 aromatic rings. The number of benzene rings is 1. The van der Waals surface area contributed by atoms with E-state index in [1.54, 1.807) is 0 Å². The van der Waals surface area contributed by atoms with Gasteiger partial charge in [0, 0.05) is 13.1 Å². The lowest BCUT2D eigenvalue weighted by Gasteiger charge is -2.31. The van der Waals surface area contributed by atoms with Gasteiger partial charge in [0.25, 0.3) is 0 Å². The molecule has 0 aromatic heterocycles. The monoisotopic (exact) mass is 262 g/mol. The van der Waals surface area contributed by atoms with E-state index >= 15 is 0 Å². The van der Waals surface area contributed by atoms with Gasteiger partial charge in [0.05, 0.1) is 0 Å². The standard InChI is InChI=1S/C16H26N2O/c1-2-14-7-9-18(10-8-14)11-12-19-16-5-3-15(13-17)4-6-16/h3-6,14H,2,7-13,17H2,1H3. The van der Waals surface area contributed by atoms with E-state index in [-0.39, 0.29) is 0 Å². The van der Waals surface area contributed by atoms with E-state index in [1.165, 1.54) is 32.4 Å². The number of nitrogens with two attached hydrogens (primary N) is 1. The van der Waals surface area contributed by atoms with E-state index in [2.05, 4.69) is 11.8 Å². The summed E-state index contributed by atoms with van der Waals surface area (Å²) in [6, 6.07) is 8.07. The Labute approximate surface area is 116 Å². The fourth-order valence-electron chi connectivity index (χ4n) is 2.63. The maximum Gasteiger partial charge on any atom is 0.119 e. The molecular weight excluding hydrogens is 236 g/mol. The molecule has 1 heterocycles. The lowest BCUT2D eigenvalue weighted by molar-refractivity contribution is 0.153. The van der Waals surface area contributed by atoms with Crippen molar-refractivity contribution in [2.45, 2.75) is 32.7 Å². The van der Waals surface area contributed by atoms with Crippen LogP contribution in [0.3, 0.4) is 0 Å². The zero-order valence-electron chi connectivity index (χ0n) is 12.0. The molecule has 1 aromatic carbocycles. The average Bonchev–Trinajstić information content (AvgIpc) is 2.49. The van der Waals surface area contributed by atoms with Gasteiger partial charge < -0.3 is 10.5 Å². The van der Waals surface area contributed by atoms with Crippen molar-refractivity contribution in [2.24, 2.45) is 11.7 Å². The summed E-state index contributed by atoms with van der Waals surface area (Å²) in [4.78, 5) is 2.51. The van der Waals surface area contributed by atoms with Crippen LogP contribution in [0.2, 0.25) is 0 Å². The van der Waals surface area contributed by atoms with Crippen LogP contribution < -0.4 is 10.5 Å². The number of hydrogen-bond acceptors (Lipinski definition) is 3. The maximum absolute atomic E-state index is 5.78. The van der Waals surface area contributed by atoms with Crippen LogP contribution in [0.25, 0.3) is 0 Å². The van der Waals surface area contributed by atoms with Gasteiger partial charge >= 0.3 is 0 Å². The van der Waals surface area contributed by atoms with Gasteiger partial charge in [-0.2, -0.15) is 0 Å². The molecule has 1 fully saturated rings. The third-order valence-electron chi connectivity index (χ3n) is 4.12. The van der Waals surface area contributed by atoms with Crippen molar-refractivity contribution < 1.29 is 4.74 Å². The average molecular weight is 262 g/mol. The highest BCUT2D eigenvalue weighted by molar-refractivity contribution is 5.27. The predicted octanol–water partition coefficient (Wildman–Crippen LogP) is 2.65. The zero-order chi connectivity index (χ0) is 13.5. The molecule has 1 aliphatic rings. The molecule has 2 rings (SSSR count). The Bertz CT molecular complexity index is 356. The number of rotatable bonds is 6. The Balaban J connectivity index is 1.66. The number of likely N-dealkylation sites (tertiary alicyclic amines) is 1. The minimum atomic E-state index is 0.590. The first-order valence-corrected chi connectivity index (χ1v) is 7.46. The third-order valence-corrected chi connectivity index (χ3v) is 4.12. The number of piperidine rings is 1. The Hall–Kier alpha value is -1.06. The first kappa shape index (κ1) is 14.4. The van der Waals surface area contributed by atoms with E-state index in [1.807, 2.05) is 24.3 Å². The van der Waals surface area contributed by atoms with Crippen molar-refractivity contribution in [3.05, 3.63) is 29.8 Å². The van der Waals surface area contributed by atoms with E-state index in [9.17, 15) is 0 Å². The molecule has 0 bridgehead atoms. The summed E-state index contributed by atoms with van der Waals surface area (Å²) in [5.41, 5.74) is 6.72. The molecule has 0 saturated carbocycles. The highest BCUT2D eigenvalue weighted by atomic mass is 16.5. The zero-order valence-corrected chi connectivity index (χ0v) is 12.0. The van der Waals surface area contributed by atoms with Crippen LogP contribution in [0.15, 0.2) is 24.3 Å². The second-order valence-corrected chi connectivity index (χ2v) is 5.39. The quantitative estimate of drug-likeness (QED) is 0.856. The first-order chi connectivity index (χ1) is 9.31. The molecule has 106 valence electrons. The normalized spacial score (nSPS) is 17.6. The summed E-state index contributed by atoms with van der Waals surface area (Å²) in [5, 5.41) is 0. The molecule has 3 nitrogen and oxygen atoms in total. The summed E-state index contributed by atoms with van der Waals surface area (Å²) in [6.07, 6.45) is 4.03. The van der Waals surface area contributed by atoms with Crippen molar-refractivity contribution in [2.75, 3.05) is 26.2 Å². The third kappa shape index (κ3) is 4.51.